The molecular weight excluding hydrogens is 222 g/mol. The lowest BCUT2D eigenvalue weighted by Crippen LogP contribution is -2.21. The first-order chi connectivity index (χ1) is 8.74. The molecule has 3 heteroatoms. The van der Waals surface area contributed by atoms with Crippen molar-refractivity contribution in [2.24, 2.45) is 0 Å². The van der Waals surface area contributed by atoms with Crippen LogP contribution in [-0.4, -0.2) is 23.5 Å². The second-order valence-corrected chi connectivity index (χ2v) is 4.55. The summed E-state index contributed by atoms with van der Waals surface area (Å²) >= 11 is 0. The Morgan fingerprint density at radius 2 is 1.89 bits per heavy atom. The Kier molecular flexibility index (Phi) is 4.31. The maximum Gasteiger partial charge on any atom is 0.0416 e. The molecular formula is C15H19N3. The molecule has 0 fully saturated rings. The van der Waals surface area contributed by atoms with E-state index in [1.165, 1.54) is 5.56 Å². The number of likely N-dealkylation sites (N-methyl/N-ethyl adjacent to an activating group) is 1. The summed E-state index contributed by atoms with van der Waals surface area (Å²) in [6.45, 7) is 1.94. The molecule has 0 amide bonds. The van der Waals surface area contributed by atoms with Gasteiger partial charge in [0.2, 0.25) is 0 Å². The van der Waals surface area contributed by atoms with Gasteiger partial charge in [0.15, 0.2) is 0 Å². The van der Waals surface area contributed by atoms with Gasteiger partial charge in [0.1, 0.15) is 0 Å². The molecule has 2 aromatic rings. The molecule has 1 aromatic carbocycles. The Labute approximate surface area is 108 Å². The maximum absolute atomic E-state index is 5.67. The van der Waals surface area contributed by atoms with Gasteiger partial charge in [-0.15, -0.1) is 0 Å². The Balaban J connectivity index is 1.82. The Morgan fingerprint density at radius 1 is 1.11 bits per heavy atom. The van der Waals surface area contributed by atoms with Gasteiger partial charge in [0.05, 0.1) is 0 Å². The standard InChI is InChI=1S/C15H19N3/c1-18(11-9-15-4-2-3-10-17-15)12-13-5-7-14(16)8-6-13/h2-8,10H,9,11-12,16H2,1H3. The molecule has 18 heavy (non-hydrogen) atoms. The summed E-state index contributed by atoms with van der Waals surface area (Å²) in [7, 11) is 2.12. The van der Waals surface area contributed by atoms with E-state index in [-0.39, 0.29) is 0 Å². The van der Waals surface area contributed by atoms with Crippen molar-refractivity contribution in [2.75, 3.05) is 19.3 Å². The Bertz CT molecular complexity index is 465. The van der Waals surface area contributed by atoms with Crippen LogP contribution in [0.25, 0.3) is 0 Å². The van der Waals surface area contributed by atoms with Crippen LogP contribution in [0.2, 0.25) is 0 Å². The average Bonchev–Trinajstić information content (AvgIpc) is 2.40. The summed E-state index contributed by atoms with van der Waals surface area (Å²) < 4.78 is 0. The Morgan fingerprint density at radius 3 is 2.56 bits per heavy atom. The molecule has 0 unspecified atom stereocenters. The quantitative estimate of drug-likeness (QED) is 0.817. The van der Waals surface area contributed by atoms with E-state index in [1.807, 2.05) is 30.5 Å². The normalized spacial score (nSPS) is 10.8. The van der Waals surface area contributed by atoms with Gasteiger partial charge in [-0.25, -0.2) is 0 Å². The van der Waals surface area contributed by atoms with Crippen LogP contribution in [0, 0.1) is 0 Å². The summed E-state index contributed by atoms with van der Waals surface area (Å²) in [4.78, 5) is 6.62. The highest BCUT2D eigenvalue weighted by atomic mass is 15.1. The van der Waals surface area contributed by atoms with E-state index in [1.54, 1.807) is 0 Å². The second-order valence-electron chi connectivity index (χ2n) is 4.55. The van der Waals surface area contributed by atoms with Crippen LogP contribution in [0.4, 0.5) is 5.69 Å². The SMILES string of the molecule is CN(CCc1ccccn1)Cc1ccc(N)cc1. The van der Waals surface area contributed by atoms with Crippen LogP contribution in [0.1, 0.15) is 11.3 Å². The third-order valence-corrected chi connectivity index (χ3v) is 2.91. The lowest BCUT2D eigenvalue weighted by Gasteiger charge is -2.16. The van der Waals surface area contributed by atoms with Gasteiger partial charge < -0.3 is 10.6 Å². The van der Waals surface area contributed by atoms with Crippen LogP contribution in [0.5, 0.6) is 0 Å². The van der Waals surface area contributed by atoms with Gasteiger partial charge in [0.25, 0.3) is 0 Å². The highest BCUT2D eigenvalue weighted by Crippen LogP contribution is 2.08. The van der Waals surface area contributed by atoms with Crippen LogP contribution in [0.15, 0.2) is 48.7 Å². The molecule has 0 saturated heterocycles. The highest BCUT2D eigenvalue weighted by molar-refractivity contribution is 5.39. The molecule has 0 radical (unpaired) electrons. The summed E-state index contributed by atoms with van der Waals surface area (Å²) in [5.41, 5.74) is 8.91. The molecule has 94 valence electrons. The molecule has 0 atom stereocenters. The van der Waals surface area contributed by atoms with Crippen molar-refractivity contribution in [3.05, 3.63) is 59.9 Å². The minimum Gasteiger partial charge on any atom is -0.399 e. The van der Waals surface area contributed by atoms with Crippen molar-refractivity contribution in [1.82, 2.24) is 9.88 Å². The first-order valence-electron chi connectivity index (χ1n) is 6.17. The summed E-state index contributed by atoms with van der Waals surface area (Å²) in [5, 5.41) is 0. The third kappa shape index (κ3) is 3.86. The van der Waals surface area contributed by atoms with Crippen molar-refractivity contribution in [3.63, 3.8) is 0 Å². The van der Waals surface area contributed by atoms with E-state index in [9.17, 15) is 0 Å². The fraction of sp³-hybridized carbons (Fsp3) is 0.267. The van der Waals surface area contributed by atoms with Crippen molar-refractivity contribution in [2.45, 2.75) is 13.0 Å². The molecule has 0 aliphatic heterocycles. The van der Waals surface area contributed by atoms with E-state index in [4.69, 9.17) is 5.73 Å². The van der Waals surface area contributed by atoms with Gasteiger partial charge in [-0.1, -0.05) is 18.2 Å². The predicted octanol–water partition coefficient (Wildman–Crippen LogP) is 2.34. The van der Waals surface area contributed by atoms with Crippen molar-refractivity contribution in [1.29, 1.82) is 0 Å². The maximum atomic E-state index is 5.67. The lowest BCUT2D eigenvalue weighted by atomic mass is 10.2. The number of hydrogen-bond donors (Lipinski definition) is 1. The Hall–Kier alpha value is -1.87. The second kappa shape index (κ2) is 6.17. The number of rotatable bonds is 5. The van der Waals surface area contributed by atoms with Gasteiger partial charge in [-0.05, 0) is 36.9 Å². The van der Waals surface area contributed by atoms with Crippen molar-refractivity contribution < 1.29 is 0 Å². The van der Waals surface area contributed by atoms with Gasteiger partial charge in [0, 0.05) is 37.1 Å². The van der Waals surface area contributed by atoms with E-state index in [0.29, 0.717) is 0 Å². The zero-order chi connectivity index (χ0) is 12.8. The topological polar surface area (TPSA) is 42.2 Å². The van der Waals surface area contributed by atoms with E-state index in [0.717, 1.165) is 30.9 Å². The number of hydrogen-bond acceptors (Lipinski definition) is 3. The minimum absolute atomic E-state index is 0.815. The van der Waals surface area contributed by atoms with Crippen LogP contribution in [-0.2, 0) is 13.0 Å². The van der Waals surface area contributed by atoms with E-state index in [2.05, 4.69) is 35.1 Å². The molecule has 0 saturated carbocycles. The average molecular weight is 241 g/mol. The molecule has 2 rings (SSSR count). The smallest absolute Gasteiger partial charge is 0.0416 e. The van der Waals surface area contributed by atoms with Gasteiger partial charge in [-0.2, -0.15) is 0 Å². The van der Waals surface area contributed by atoms with E-state index >= 15 is 0 Å². The molecule has 2 N–H and O–H groups in total. The number of nitrogen functional groups attached to an aromatic ring is 1. The van der Waals surface area contributed by atoms with E-state index < -0.39 is 0 Å². The fourth-order valence-corrected chi connectivity index (χ4v) is 1.87. The number of nitrogens with two attached hydrogens (primary N) is 1. The number of pyridine rings is 1. The van der Waals surface area contributed by atoms with Crippen LogP contribution >= 0.6 is 0 Å². The van der Waals surface area contributed by atoms with Crippen LogP contribution < -0.4 is 5.73 Å². The molecule has 0 aliphatic carbocycles. The molecule has 1 aromatic heterocycles. The number of nitrogens with zero attached hydrogens (tertiary/aromatic N) is 2. The zero-order valence-electron chi connectivity index (χ0n) is 10.7. The number of aromatic nitrogens is 1. The summed E-state index contributed by atoms with van der Waals surface area (Å²) in [6, 6.07) is 14.1. The van der Waals surface area contributed by atoms with Gasteiger partial charge >= 0.3 is 0 Å². The monoisotopic (exact) mass is 241 g/mol. The molecule has 1 heterocycles. The fourth-order valence-electron chi connectivity index (χ4n) is 1.87. The van der Waals surface area contributed by atoms with Crippen molar-refractivity contribution >= 4 is 5.69 Å². The molecule has 0 aliphatic rings. The molecule has 0 bridgehead atoms. The highest BCUT2D eigenvalue weighted by Gasteiger charge is 2.01. The largest absolute Gasteiger partial charge is 0.399 e. The number of benzene rings is 1. The predicted molar refractivity (Wildman–Crippen MR) is 75.1 cm³/mol. The first kappa shape index (κ1) is 12.6. The first-order valence-corrected chi connectivity index (χ1v) is 6.17. The lowest BCUT2D eigenvalue weighted by molar-refractivity contribution is 0.330. The summed E-state index contributed by atoms with van der Waals surface area (Å²) in [6.07, 6.45) is 2.82. The van der Waals surface area contributed by atoms with Crippen molar-refractivity contribution in [3.8, 4) is 0 Å². The third-order valence-electron chi connectivity index (χ3n) is 2.91. The zero-order valence-corrected chi connectivity index (χ0v) is 10.7. The van der Waals surface area contributed by atoms with Crippen LogP contribution in [0.3, 0.4) is 0 Å². The molecule has 3 nitrogen and oxygen atoms in total. The molecule has 0 spiro atoms. The minimum atomic E-state index is 0.815. The number of anilines is 1. The van der Waals surface area contributed by atoms with Gasteiger partial charge in [-0.3, -0.25) is 4.98 Å². The summed E-state index contributed by atoms with van der Waals surface area (Å²) in [5.74, 6) is 0.